The van der Waals surface area contributed by atoms with Gasteiger partial charge in [-0.05, 0) is 38.7 Å². The molecule has 2 heterocycles. The molecule has 1 aliphatic heterocycles. The van der Waals surface area contributed by atoms with E-state index in [-0.39, 0.29) is 35.9 Å². The molecule has 0 saturated carbocycles. The largest absolute Gasteiger partial charge is 0.469 e. The minimum atomic E-state index is -0.0916. The zero-order valence-corrected chi connectivity index (χ0v) is 17.7. The highest BCUT2D eigenvalue weighted by molar-refractivity contribution is 14.0. The van der Waals surface area contributed by atoms with Crippen LogP contribution in [-0.4, -0.2) is 59.9 Å². The van der Waals surface area contributed by atoms with Gasteiger partial charge in [0.05, 0.1) is 19.2 Å². The first-order valence-corrected chi connectivity index (χ1v) is 8.74. The molecule has 1 aliphatic rings. The van der Waals surface area contributed by atoms with Gasteiger partial charge < -0.3 is 15.0 Å². The number of guanidine groups is 1. The number of nitrogens with one attached hydrogen (secondary N) is 1. The standard InChI is InChI=1S/C17H29N5O2.HI/c1-4-18-17(19-8-5-9-22-13-14(2)12-20-22)21-10-6-15(7-11-21)16(23)24-3;/h12-13,15H,4-11H2,1-3H3,(H,18,19);1H. The van der Waals surface area contributed by atoms with Gasteiger partial charge in [-0.1, -0.05) is 0 Å². The predicted molar refractivity (Wildman–Crippen MR) is 109 cm³/mol. The van der Waals surface area contributed by atoms with E-state index in [1.807, 2.05) is 24.0 Å². The van der Waals surface area contributed by atoms with Crippen LogP contribution in [0.1, 0.15) is 31.7 Å². The number of aliphatic imine (C=N–C) groups is 1. The second-order valence-corrected chi connectivity index (χ2v) is 6.15. The van der Waals surface area contributed by atoms with Crippen LogP contribution in [0.15, 0.2) is 17.4 Å². The van der Waals surface area contributed by atoms with Crippen LogP contribution in [0.3, 0.4) is 0 Å². The molecule has 8 heteroatoms. The number of carbonyl (C=O) groups is 1. The number of halogens is 1. The van der Waals surface area contributed by atoms with Crippen LogP contribution in [0.5, 0.6) is 0 Å². The molecule has 0 radical (unpaired) electrons. The molecule has 1 aromatic heterocycles. The lowest BCUT2D eigenvalue weighted by atomic mass is 9.97. The number of likely N-dealkylation sites (tertiary alicyclic amines) is 1. The molecule has 0 bridgehead atoms. The van der Waals surface area contributed by atoms with Crippen LogP contribution in [0.2, 0.25) is 0 Å². The van der Waals surface area contributed by atoms with Gasteiger partial charge in [0.1, 0.15) is 0 Å². The lowest BCUT2D eigenvalue weighted by Gasteiger charge is -2.33. The lowest BCUT2D eigenvalue weighted by Crippen LogP contribution is -2.46. The van der Waals surface area contributed by atoms with Gasteiger partial charge in [0.15, 0.2) is 5.96 Å². The Balaban J connectivity index is 0.00000312. The van der Waals surface area contributed by atoms with Gasteiger partial charge in [-0.25, -0.2) is 0 Å². The molecule has 0 atom stereocenters. The predicted octanol–water partition coefficient (Wildman–Crippen LogP) is 2.05. The summed E-state index contributed by atoms with van der Waals surface area (Å²) >= 11 is 0. The van der Waals surface area contributed by atoms with Crippen molar-refractivity contribution in [1.29, 1.82) is 0 Å². The van der Waals surface area contributed by atoms with Gasteiger partial charge >= 0.3 is 5.97 Å². The van der Waals surface area contributed by atoms with E-state index in [0.717, 1.165) is 57.9 Å². The summed E-state index contributed by atoms with van der Waals surface area (Å²) in [5.74, 6) is 0.876. The number of nitrogens with zero attached hydrogens (tertiary/aromatic N) is 4. The van der Waals surface area contributed by atoms with E-state index < -0.39 is 0 Å². The lowest BCUT2D eigenvalue weighted by molar-refractivity contribution is -0.146. The van der Waals surface area contributed by atoms with Crippen molar-refractivity contribution in [3.8, 4) is 0 Å². The van der Waals surface area contributed by atoms with Crippen molar-refractivity contribution in [2.24, 2.45) is 10.9 Å². The Morgan fingerprint density at radius 2 is 2.16 bits per heavy atom. The summed E-state index contributed by atoms with van der Waals surface area (Å²) in [5, 5.41) is 7.64. The van der Waals surface area contributed by atoms with E-state index in [1.54, 1.807) is 0 Å². The molecule has 142 valence electrons. The molecule has 1 aromatic rings. The van der Waals surface area contributed by atoms with Crippen LogP contribution in [0.4, 0.5) is 0 Å². The van der Waals surface area contributed by atoms with Crippen molar-refractivity contribution < 1.29 is 9.53 Å². The monoisotopic (exact) mass is 463 g/mol. The molecular weight excluding hydrogens is 433 g/mol. The summed E-state index contributed by atoms with van der Waals surface area (Å²) in [6.07, 6.45) is 6.52. The van der Waals surface area contributed by atoms with Crippen molar-refractivity contribution in [1.82, 2.24) is 20.0 Å². The molecule has 0 amide bonds. The highest BCUT2D eigenvalue weighted by Crippen LogP contribution is 2.18. The van der Waals surface area contributed by atoms with E-state index in [2.05, 4.69) is 22.2 Å². The van der Waals surface area contributed by atoms with Gasteiger partial charge in [0.2, 0.25) is 0 Å². The third-order valence-corrected chi connectivity index (χ3v) is 4.23. The van der Waals surface area contributed by atoms with Gasteiger partial charge in [-0.2, -0.15) is 5.10 Å². The molecule has 1 saturated heterocycles. The van der Waals surface area contributed by atoms with Gasteiger partial charge in [-0.3, -0.25) is 14.5 Å². The SMILES string of the molecule is CCNC(=NCCCn1cc(C)cn1)N1CCC(C(=O)OC)CC1.I. The number of carbonyl (C=O) groups excluding carboxylic acids is 1. The summed E-state index contributed by atoms with van der Waals surface area (Å²) in [6.45, 7) is 8.27. The first-order valence-electron chi connectivity index (χ1n) is 8.74. The molecule has 0 spiro atoms. The maximum atomic E-state index is 11.6. The molecule has 0 aliphatic carbocycles. The topological polar surface area (TPSA) is 71.8 Å². The molecule has 25 heavy (non-hydrogen) atoms. The summed E-state index contributed by atoms with van der Waals surface area (Å²) < 4.78 is 6.80. The van der Waals surface area contributed by atoms with Crippen LogP contribution >= 0.6 is 24.0 Å². The third kappa shape index (κ3) is 6.83. The van der Waals surface area contributed by atoms with E-state index >= 15 is 0 Å². The highest BCUT2D eigenvalue weighted by Gasteiger charge is 2.26. The fourth-order valence-electron chi connectivity index (χ4n) is 2.93. The maximum Gasteiger partial charge on any atom is 0.308 e. The van der Waals surface area contributed by atoms with Crippen molar-refractivity contribution in [3.63, 3.8) is 0 Å². The number of hydrogen-bond acceptors (Lipinski definition) is 4. The summed E-state index contributed by atoms with van der Waals surface area (Å²) in [4.78, 5) is 18.6. The second-order valence-electron chi connectivity index (χ2n) is 6.15. The highest BCUT2D eigenvalue weighted by atomic mass is 127. The zero-order chi connectivity index (χ0) is 17.4. The first kappa shape index (κ1) is 21.7. The van der Waals surface area contributed by atoms with Crippen LogP contribution in [0, 0.1) is 12.8 Å². The number of hydrogen-bond donors (Lipinski definition) is 1. The van der Waals surface area contributed by atoms with E-state index in [1.165, 1.54) is 12.7 Å². The molecule has 2 rings (SSSR count). The second kappa shape index (κ2) is 11.3. The third-order valence-electron chi connectivity index (χ3n) is 4.23. The Morgan fingerprint density at radius 1 is 1.44 bits per heavy atom. The Bertz CT molecular complexity index is 553. The molecular formula is C17H30IN5O2. The van der Waals surface area contributed by atoms with Gasteiger partial charge in [-0.15, -0.1) is 24.0 Å². The minimum absolute atomic E-state index is 0. The molecule has 1 N–H and O–H groups in total. The molecule has 7 nitrogen and oxygen atoms in total. The zero-order valence-electron chi connectivity index (χ0n) is 15.4. The maximum absolute atomic E-state index is 11.6. The Labute approximate surface area is 167 Å². The Morgan fingerprint density at radius 3 is 2.72 bits per heavy atom. The smallest absolute Gasteiger partial charge is 0.308 e. The quantitative estimate of drug-likeness (QED) is 0.230. The van der Waals surface area contributed by atoms with E-state index in [0.29, 0.717) is 0 Å². The number of ether oxygens (including phenoxy) is 1. The molecule has 0 unspecified atom stereocenters. The average molecular weight is 463 g/mol. The van der Waals surface area contributed by atoms with Crippen molar-refractivity contribution >= 4 is 35.9 Å². The van der Waals surface area contributed by atoms with Crippen molar-refractivity contribution in [3.05, 3.63) is 18.0 Å². The van der Waals surface area contributed by atoms with Crippen LogP contribution in [-0.2, 0) is 16.1 Å². The summed E-state index contributed by atoms with van der Waals surface area (Å²) in [6, 6.07) is 0. The number of methoxy groups -OCH3 is 1. The van der Waals surface area contributed by atoms with E-state index in [4.69, 9.17) is 9.73 Å². The Kier molecular flexibility index (Phi) is 9.84. The van der Waals surface area contributed by atoms with Crippen LogP contribution in [0.25, 0.3) is 0 Å². The fourth-order valence-corrected chi connectivity index (χ4v) is 2.93. The average Bonchev–Trinajstić information content (AvgIpc) is 3.02. The minimum Gasteiger partial charge on any atom is -0.469 e. The number of aryl methyl sites for hydroxylation is 2. The number of piperidine rings is 1. The molecule has 0 aromatic carbocycles. The number of rotatable bonds is 6. The number of esters is 1. The summed E-state index contributed by atoms with van der Waals surface area (Å²) in [7, 11) is 1.46. The van der Waals surface area contributed by atoms with Gasteiger partial charge in [0.25, 0.3) is 0 Å². The first-order chi connectivity index (χ1) is 11.6. The molecule has 1 fully saturated rings. The van der Waals surface area contributed by atoms with E-state index in [9.17, 15) is 4.79 Å². The number of aromatic nitrogens is 2. The fraction of sp³-hybridized carbons (Fsp3) is 0.706. The van der Waals surface area contributed by atoms with Crippen LogP contribution < -0.4 is 5.32 Å². The normalized spacial score (nSPS) is 15.6. The Hall–Kier alpha value is -1.32. The van der Waals surface area contributed by atoms with Gasteiger partial charge in [0, 0.05) is 38.9 Å². The summed E-state index contributed by atoms with van der Waals surface area (Å²) in [5.41, 5.74) is 1.18. The van der Waals surface area contributed by atoms with Crippen molar-refractivity contribution in [2.75, 3.05) is 33.3 Å². The van der Waals surface area contributed by atoms with Crippen molar-refractivity contribution in [2.45, 2.75) is 39.7 Å².